The van der Waals surface area contributed by atoms with E-state index in [1.807, 2.05) is 65.4 Å². The van der Waals surface area contributed by atoms with Gasteiger partial charge in [-0.3, -0.25) is 9.69 Å². The van der Waals surface area contributed by atoms with Crippen LogP contribution in [-0.4, -0.2) is 62.2 Å². The molecule has 7 heteroatoms. The van der Waals surface area contributed by atoms with Crippen LogP contribution in [0.15, 0.2) is 84.6 Å². The molecule has 2 aliphatic rings. The van der Waals surface area contributed by atoms with Crippen molar-refractivity contribution >= 4 is 17.2 Å². The monoisotopic (exact) mass is 529 g/mol. The second-order valence-electron chi connectivity index (χ2n) is 10.8. The number of fused-ring (bicyclic) bond motifs is 1. The molecule has 2 aliphatic heterocycles. The van der Waals surface area contributed by atoms with Crippen LogP contribution in [0.1, 0.15) is 31.0 Å². The first kappa shape index (κ1) is 26.9. The first-order valence-corrected chi connectivity index (χ1v) is 13.4. The van der Waals surface area contributed by atoms with Crippen LogP contribution in [0.2, 0.25) is 0 Å². The number of ether oxygens (including phenoxy) is 1. The van der Waals surface area contributed by atoms with Gasteiger partial charge in [0, 0.05) is 56.1 Å². The van der Waals surface area contributed by atoms with Gasteiger partial charge in [0.2, 0.25) is 0 Å². The normalized spacial score (nSPS) is 19.6. The van der Waals surface area contributed by atoms with E-state index in [0.29, 0.717) is 37.6 Å². The van der Waals surface area contributed by atoms with Crippen molar-refractivity contribution in [1.29, 1.82) is 0 Å². The van der Waals surface area contributed by atoms with Gasteiger partial charge in [-0.1, -0.05) is 56.3 Å². The number of halogens is 1. The molecule has 1 saturated heterocycles. The van der Waals surface area contributed by atoms with Crippen LogP contribution in [0, 0.1) is 5.82 Å². The Morgan fingerprint density at radius 1 is 0.949 bits per heavy atom. The molecule has 5 rings (SSSR count). The van der Waals surface area contributed by atoms with Crippen molar-refractivity contribution in [2.75, 3.05) is 50.1 Å². The predicted octanol–water partition coefficient (Wildman–Crippen LogP) is 4.94. The third kappa shape index (κ3) is 5.04. The van der Waals surface area contributed by atoms with Crippen molar-refractivity contribution in [2.45, 2.75) is 31.4 Å². The maximum atomic E-state index is 14.4. The number of para-hydroxylation sites is 2. The summed E-state index contributed by atoms with van der Waals surface area (Å²) in [6.07, 6.45) is 0.329. The van der Waals surface area contributed by atoms with E-state index in [4.69, 9.17) is 4.74 Å². The van der Waals surface area contributed by atoms with Crippen molar-refractivity contribution in [3.63, 3.8) is 0 Å². The Morgan fingerprint density at radius 2 is 1.56 bits per heavy atom. The molecule has 204 valence electrons. The highest BCUT2D eigenvalue weighted by Crippen LogP contribution is 2.46. The average molecular weight is 530 g/mol. The van der Waals surface area contributed by atoms with Crippen molar-refractivity contribution in [3.05, 3.63) is 102 Å². The molecule has 0 aliphatic carbocycles. The highest BCUT2D eigenvalue weighted by Gasteiger charge is 2.40. The minimum atomic E-state index is -1.28. The van der Waals surface area contributed by atoms with Gasteiger partial charge in [-0.05, 0) is 41.5 Å². The number of carbonyl (C=O) groups is 1. The van der Waals surface area contributed by atoms with Crippen molar-refractivity contribution in [3.8, 4) is 5.75 Å². The van der Waals surface area contributed by atoms with E-state index in [9.17, 15) is 14.3 Å². The Labute approximate surface area is 229 Å². The van der Waals surface area contributed by atoms with Gasteiger partial charge >= 0.3 is 0 Å². The molecule has 0 amide bonds. The maximum absolute atomic E-state index is 14.4. The number of allylic oxidation sites excluding steroid dienone is 1. The molecule has 0 spiro atoms. The number of piperazine rings is 1. The van der Waals surface area contributed by atoms with Crippen molar-refractivity contribution in [1.82, 2.24) is 4.90 Å². The summed E-state index contributed by atoms with van der Waals surface area (Å²) in [6.45, 7) is 6.51. The van der Waals surface area contributed by atoms with E-state index < -0.39 is 12.1 Å². The lowest BCUT2D eigenvalue weighted by Crippen LogP contribution is -2.51. The van der Waals surface area contributed by atoms with E-state index in [-0.39, 0.29) is 17.0 Å². The average Bonchev–Trinajstić information content (AvgIpc) is 3.14. The number of carbonyl (C=O) groups excluding carboxylic acids is 1. The smallest absolute Gasteiger partial charge is 0.187 e. The van der Waals surface area contributed by atoms with Crippen molar-refractivity contribution < 1.29 is 19.0 Å². The molecule has 0 unspecified atom stereocenters. The zero-order valence-electron chi connectivity index (χ0n) is 23.0. The number of likely N-dealkylation sites (N-methyl/N-ethyl adjacent to an activating group) is 1. The molecule has 3 aromatic rings. The summed E-state index contributed by atoms with van der Waals surface area (Å²) in [5.41, 5.74) is 4.10. The number of anilines is 2. The van der Waals surface area contributed by atoms with Gasteiger partial charge in [0.05, 0.1) is 18.8 Å². The van der Waals surface area contributed by atoms with Crippen LogP contribution in [-0.2, 0) is 10.2 Å². The summed E-state index contributed by atoms with van der Waals surface area (Å²) < 4.78 is 19.8. The number of hydrogen-bond donors (Lipinski definition) is 1. The number of ketones is 1. The van der Waals surface area contributed by atoms with Crippen LogP contribution >= 0.6 is 0 Å². The highest BCUT2D eigenvalue weighted by atomic mass is 19.1. The molecule has 6 nitrogen and oxygen atoms in total. The summed E-state index contributed by atoms with van der Waals surface area (Å²) in [7, 11) is 3.57. The summed E-state index contributed by atoms with van der Waals surface area (Å²) in [4.78, 5) is 19.9. The van der Waals surface area contributed by atoms with Crippen LogP contribution in [0.4, 0.5) is 15.8 Å². The minimum Gasteiger partial charge on any atom is -0.497 e. The van der Waals surface area contributed by atoms with Gasteiger partial charge in [-0.2, -0.15) is 0 Å². The molecular formula is C32H36FN3O3. The largest absolute Gasteiger partial charge is 0.497 e. The van der Waals surface area contributed by atoms with Crippen LogP contribution in [0.25, 0.3) is 0 Å². The first-order chi connectivity index (χ1) is 18.7. The standard InChI is InChI=1S/C32H36FN3O3/c1-32(2)24-9-5-7-11-26(24)34(3)29(32)21-28(37)31(38)30(22-13-15-23(39-4)16-14-22)36-19-17-35(18-20-36)27-12-8-6-10-25(27)33/h5-16,21,30-31,38H,17-20H2,1-4H3/b29-21+/t30-,31+/m0/s1. The number of methoxy groups -OCH3 is 1. The van der Waals surface area contributed by atoms with E-state index in [1.165, 1.54) is 6.07 Å². The fraction of sp³-hybridized carbons (Fsp3) is 0.344. The molecule has 0 aromatic heterocycles. The van der Waals surface area contributed by atoms with Crippen molar-refractivity contribution in [2.24, 2.45) is 0 Å². The Kier molecular flexibility index (Phi) is 7.47. The lowest BCUT2D eigenvalue weighted by Gasteiger charge is -2.41. The lowest BCUT2D eigenvalue weighted by atomic mass is 9.83. The summed E-state index contributed by atoms with van der Waals surface area (Å²) in [5, 5.41) is 11.6. The van der Waals surface area contributed by atoms with Gasteiger partial charge in [0.25, 0.3) is 0 Å². The van der Waals surface area contributed by atoms with E-state index in [2.05, 4.69) is 24.8 Å². The Balaban J connectivity index is 1.42. The number of nitrogens with zero attached hydrogens (tertiary/aromatic N) is 3. The molecule has 1 N–H and O–H groups in total. The molecule has 3 aromatic carbocycles. The van der Waals surface area contributed by atoms with Crippen LogP contribution < -0.4 is 14.5 Å². The van der Waals surface area contributed by atoms with Crippen LogP contribution in [0.3, 0.4) is 0 Å². The molecule has 2 atom stereocenters. The quantitative estimate of drug-likeness (QED) is 0.438. The molecular weight excluding hydrogens is 493 g/mol. The molecule has 0 radical (unpaired) electrons. The van der Waals surface area contributed by atoms with Gasteiger partial charge in [-0.25, -0.2) is 4.39 Å². The molecule has 0 saturated carbocycles. The number of aliphatic hydroxyl groups excluding tert-OH is 1. The number of aliphatic hydroxyl groups is 1. The SMILES string of the molecule is COc1ccc([C@@H]([C@H](O)C(=O)/C=C2/N(C)c3ccccc3C2(C)C)N2CCN(c3ccccc3F)CC2)cc1. The molecule has 1 fully saturated rings. The second-order valence-corrected chi connectivity index (χ2v) is 10.8. The Morgan fingerprint density at radius 3 is 2.18 bits per heavy atom. The fourth-order valence-corrected chi connectivity index (χ4v) is 5.98. The Bertz CT molecular complexity index is 1360. The molecule has 0 bridgehead atoms. The zero-order valence-corrected chi connectivity index (χ0v) is 23.0. The van der Waals surface area contributed by atoms with E-state index >= 15 is 0 Å². The highest BCUT2D eigenvalue weighted by molar-refractivity contribution is 5.96. The number of benzene rings is 3. The zero-order chi connectivity index (χ0) is 27.7. The second kappa shape index (κ2) is 10.8. The minimum absolute atomic E-state index is 0.246. The van der Waals surface area contributed by atoms with E-state index in [1.54, 1.807) is 25.3 Å². The van der Waals surface area contributed by atoms with E-state index in [0.717, 1.165) is 22.5 Å². The predicted molar refractivity (Wildman–Crippen MR) is 153 cm³/mol. The lowest BCUT2D eigenvalue weighted by molar-refractivity contribution is -0.126. The summed E-state index contributed by atoms with van der Waals surface area (Å²) >= 11 is 0. The Hall–Kier alpha value is -3.68. The number of rotatable bonds is 7. The molecule has 2 heterocycles. The maximum Gasteiger partial charge on any atom is 0.187 e. The van der Waals surface area contributed by atoms with Gasteiger partial charge in [-0.15, -0.1) is 0 Å². The van der Waals surface area contributed by atoms with Gasteiger partial charge in [0.1, 0.15) is 17.7 Å². The third-order valence-corrected chi connectivity index (χ3v) is 8.17. The van der Waals surface area contributed by atoms with Crippen LogP contribution in [0.5, 0.6) is 5.75 Å². The topological polar surface area (TPSA) is 56.3 Å². The van der Waals surface area contributed by atoms with Gasteiger partial charge < -0.3 is 19.6 Å². The summed E-state index contributed by atoms with van der Waals surface area (Å²) in [5.74, 6) is 0.121. The third-order valence-electron chi connectivity index (χ3n) is 8.17. The fourth-order valence-electron chi connectivity index (χ4n) is 5.98. The first-order valence-electron chi connectivity index (χ1n) is 13.4. The van der Waals surface area contributed by atoms with Gasteiger partial charge in [0.15, 0.2) is 5.78 Å². The molecule has 39 heavy (non-hydrogen) atoms. The number of hydrogen-bond acceptors (Lipinski definition) is 6. The summed E-state index contributed by atoms with van der Waals surface area (Å²) in [6, 6.07) is 21.9.